The van der Waals surface area contributed by atoms with E-state index >= 15 is 0 Å². The summed E-state index contributed by atoms with van der Waals surface area (Å²) in [6.45, 7) is 0. The second-order valence-electron chi connectivity index (χ2n) is 3.65. The summed E-state index contributed by atoms with van der Waals surface area (Å²) in [5, 5.41) is 8.55. The Morgan fingerprint density at radius 1 is 1.22 bits per heavy atom. The number of carbonyl (C=O) groups is 1. The number of rotatable bonds is 3. The molecule has 1 aromatic carbocycles. The predicted molar refractivity (Wildman–Crippen MR) is 56.0 cm³/mol. The van der Waals surface area contributed by atoms with Gasteiger partial charge in [-0.15, -0.1) is 0 Å². The van der Waals surface area contributed by atoms with Crippen molar-refractivity contribution in [1.29, 1.82) is 0 Å². The molecule has 0 amide bonds. The number of alkyl halides is 3. The third-order valence-corrected chi connectivity index (χ3v) is 3.34. The first-order valence-corrected chi connectivity index (χ1v) is 6.52. The first kappa shape index (κ1) is 14.5. The zero-order chi connectivity index (χ0) is 14.1. The van der Waals surface area contributed by atoms with E-state index in [0.29, 0.717) is 0 Å². The van der Waals surface area contributed by atoms with Crippen LogP contribution in [0.15, 0.2) is 29.2 Å². The molecule has 1 aromatic rings. The maximum atomic E-state index is 12.5. The second-order valence-corrected chi connectivity index (χ2v) is 5.67. The molecule has 1 atom stereocenters. The van der Waals surface area contributed by atoms with Gasteiger partial charge in [-0.25, -0.2) is 8.42 Å². The predicted octanol–water partition coefficient (Wildman–Crippen LogP) is 1.82. The van der Waals surface area contributed by atoms with E-state index in [0.717, 1.165) is 30.5 Å². The van der Waals surface area contributed by atoms with Crippen molar-refractivity contribution < 1.29 is 31.5 Å². The van der Waals surface area contributed by atoms with Crippen molar-refractivity contribution in [2.24, 2.45) is 0 Å². The molecule has 0 aliphatic heterocycles. The number of hydrogen-bond acceptors (Lipinski definition) is 3. The van der Waals surface area contributed by atoms with E-state index in [1.54, 1.807) is 0 Å². The van der Waals surface area contributed by atoms with Crippen LogP contribution in [-0.4, -0.2) is 31.9 Å². The molecule has 0 fully saturated rings. The topological polar surface area (TPSA) is 71.4 Å². The Kier molecular flexibility index (Phi) is 3.70. The van der Waals surface area contributed by atoms with Gasteiger partial charge < -0.3 is 5.11 Å². The van der Waals surface area contributed by atoms with Crippen molar-refractivity contribution in [3.05, 3.63) is 29.8 Å². The van der Waals surface area contributed by atoms with Gasteiger partial charge in [0.05, 0.1) is 4.90 Å². The molecule has 1 unspecified atom stereocenters. The van der Waals surface area contributed by atoms with E-state index in [1.807, 2.05) is 0 Å². The molecule has 0 saturated carbocycles. The average Bonchev–Trinajstić information content (AvgIpc) is 2.13. The SMILES string of the molecule is CS(=O)(=O)c1ccc(C(C(=O)O)C(F)(F)F)cc1. The van der Waals surface area contributed by atoms with Crippen LogP contribution < -0.4 is 0 Å². The monoisotopic (exact) mass is 282 g/mol. The molecule has 0 radical (unpaired) electrons. The van der Waals surface area contributed by atoms with Crippen LogP contribution in [-0.2, 0) is 14.6 Å². The van der Waals surface area contributed by atoms with Crippen LogP contribution in [0.1, 0.15) is 11.5 Å². The minimum absolute atomic E-state index is 0.169. The summed E-state index contributed by atoms with van der Waals surface area (Å²) in [6, 6.07) is 3.60. The molecule has 0 aromatic heterocycles. The highest BCUT2D eigenvalue weighted by molar-refractivity contribution is 7.90. The molecule has 1 N–H and O–H groups in total. The Labute approximate surface area is 101 Å². The highest BCUT2D eigenvalue weighted by atomic mass is 32.2. The summed E-state index contributed by atoms with van der Waals surface area (Å²) in [6.07, 6.45) is -4.03. The molecule has 0 spiro atoms. The lowest BCUT2D eigenvalue weighted by atomic mass is 9.99. The van der Waals surface area contributed by atoms with Crippen LogP contribution in [0.5, 0.6) is 0 Å². The maximum Gasteiger partial charge on any atom is 0.406 e. The third-order valence-electron chi connectivity index (χ3n) is 2.22. The van der Waals surface area contributed by atoms with Gasteiger partial charge in [0.15, 0.2) is 15.8 Å². The molecule has 0 bridgehead atoms. The van der Waals surface area contributed by atoms with Crippen LogP contribution in [0.2, 0.25) is 0 Å². The Balaban J connectivity index is 3.22. The molecule has 0 heterocycles. The number of carboxylic acids is 1. The van der Waals surface area contributed by atoms with Crippen LogP contribution >= 0.6 is 0 Å². The second kappa shape index (κ2) is 4.60. The highest BCUT2D eigenvalue weighted by Crippen LogP contribution is 2.35. The van der Waals surface area contributed by atoms with Gasteiger partial charge in [0.2, 0.25) is 0 Å². The van der Waals surface area contributed by atoms with Crippen molar-refractivity contribution >= 4 is 15.8 Å². The van der Waals surface area contributed by atoms with E-state index in [4.69, 9.17) is 5.11 Å². The van der Waals surface area contributed by atoms with E-state index in [-0.39, 0.29) is 4.90 Å². The number of carboxylic acid groups (broad SMARTS) is 1. The molecule has 4 nitrogen and oxygen atoms in total. The molecule has 0 saturated heterocycles. The Morgan fingerprint density at radius 2 is 1.67 bits per heavy atom. The lowest BCUT2D eigenvalue weighted by molar-refractivity contribution is -0.176. The molecule has 0 aliphatic rings. The van der Waals surface area contributed by atoms with Crippen molar-refractivity contribution in [2.45, 2.75) is 17.0 Å². The van der Waals surface area contributed by atoms with Gasteiger partial charge in [-0.05, 0) is 17.7 Å². The van der Waals surface area contributed by atoms with Gasteiger partial charge in [0.25, 0.3) is 0 Å². The smallest absolute Gasteiger partial charge is 0.406 e. The normalized spacial score (nSPS) is 14.2. The Morgan fingerprint density at radius 3 is 1.94 bits per heavy atom. The van der Waals surface area contributed by atoms with Gasteiger partial charge >= 0.3 is 12.1 Å². The number of benzene rings is 1. The van der Waals surface area contributed by atoms with E-state index in [2.05, 4.69) is 0 Å². The molecule has 18 heavy (non-hydrogen) atoms. The fourth-order valence-electron chi connectivity index (χ4n) is 1.38. The summed E-state index contributed by atoms with van der Waals surface area (Å²) in [5.74, 6) is -4.69. The van der Waals surface area contributed by atoms with Gasteiger partial charge in [-0.3, -0.25) is 4.79 Å². The van der Waals surface area contributed by atoms with Crippen molar-refractivity contribution in [3.63, 3.8) is 0 Å². The summed E-state index contributed by atoms with van der Waals surface area (Å²) in [4.78, 5) is 10.4. The number of halogens is 3. The van der Waals surface area contributed by atoms with Crippen molar-refractivity contribution in [2.75, 3.05) is 6.26 Å². The number of aliphatic carboxylic acids is 1. The minimum Gasteiger partial charge on any atom is -0.481 e. The lowest BCUT2D eigenvalue weighted by Gasteiger charge is -2.16. The first-order chi connectivity index (χ1) is 8.03. The lowest BCUT2D eigenvalue weighted by Crippen LogP contribution is -2.28. The van der Waals surface area contributed by atoms with Gasteiger partial charge in [-0.1, -0.05) is 12.1 Å². The van der Waals surface area contributed by atoms with E-state index in [9.17, 15) is 26.4 Å². The number of sulfone groups is 1. The fraction of sp³-hybridized carbons (Fsp3) is 0.300. The largest absolute Gasteiger partial charge is 0.481 e. The molecular weight excluding hydrogens is 273 g/mol. The molecule has 100 valence electrons. The van der Waals surface area contributed by atoms with Crippen LogP contribution in [0.25, 0.3) is 0 Å². The average molecular weight is 282 g/mol. The zero-order valence-corrected chi connectivity index (χ0v) is 9.92. The van der Waals surface area contributed by atoms with Gasteiger partial charge in [0.1, 0.15) is 0 Å². The Bertz CT molecular complexity index is 545. The molecule has 0 aliphatic carbocycles. The zero-order valence-electron chi connectivity index (χ0n) is 9.10. The standard InChI is InChI=1S/C10H9F3O4S/c1-18(16,17)7-4-2-6(3-5-7)8(9(14)15)10(11,12)13/h2-5,8H,1H3,(H,14,15). The van der Waals surface area contributed by atoms with Crippen molar-refractivity contribution in [1.82, 2.24) is 0 Å². The Hall–Kier alpha value is -1.57. The summed E-state index contributed by atoms with van der Waals surface area (Å²) >= 11 is 0. The van der Waals surface area contributed by atoms with Crippen LogP contribution in [0, 0.1) is 0 Å². The van der Waals surface area contributed by atoms with E-state index in [1.165, 1.54) is 0 Å². The summed E-state index contributed by atoms with van der Waals surface area (Å²) < 4.78 is 59.7. The van der Waals surface area contributed by atoms with E-state index < -0.39 is 33.5 Å². The van der Waals surface area contributed by atoms with Crippen molar-refractivity contribution in [3.8, 4) is 0 Å². The van der Waals surface area contributed by atoms with Gasteiger partial charge in [-0.2, -0.15) is 13.2 Å². The fourth-order valence-corrected chi connectivity index (χ4v) is 2.01. The molecule has 8 heteroatoms. The highest BCUT2D eigenvalue weighted by Gasteiger charge is 2.46. The number of hydrogen-bond donors (Lipinski definition) is 1. The summed E-state index contributed by atoms with van der Waals surface area (Å²) in [5.41, 5.74) is -0.512. The van der Waals surface area contributed by atoms with Gasteiger partial charge in [0, 0.05) is 6.26 Å². The quantitative estimate of drug-likeness (QED) is 0.918. The van der Waals surface area contributed by atoms with Crippen LogP contribution in [0.3, 0.4) is 0 Å². The minimum atomic E-state index is -4.93. The maximum absolute atomic E-state index is 12.5. The van der Waals surface area contributed by atoms with Crippen LogP contribution in [0.4, 0.5) is 13.2 Å². The third kappa shape index (κ3) is 3.22. The molecular formula is C10H9F3O4S. The first-order valence-electron chi connectivity index (χ1n) is 4.63. The summed E-state index contributed by atoms with van der Waals surface area (Å²) in [7, 11) is -3.53. The molecule has 1 rings (SSSR count).